The number of hydrogen-bond acceptors (Lipinski definition) is 5. The van der Waals surface area contributed by atoms with Crippen LogP contribution in [0.4, 0.5) is 0 Å². The molecule has 3 aliphatic rings. The van der Waals surface area contributed by atoms with Crippen molar-refractivity contribution in [1.29, 1.82) is 0 Å². The molecule has 5 heterocycles. The molecule has 2 atom stereocenters. The zero-order valence-corrected chi connectivity index (χ0v) is 15.9. The molecule has 0 N–H and O–H groups in total. The summed E-state index contributed by atoms with van der Waals surface area (Å²) in [5.41, 5.74) is 0.445. The Morgan fingerprint density at radius 1 is 1.00 bits per heavy atom. The maximum atomic E-state index is 13.0. The number of amides is 2. The molecule has 0 aliphatic carbocycles. The molecule has 0 spiro atoms. The van der Waals surface area contributed by atoms with Crippen LogP contribution in [0.5, 0.6) is 0 Å². The number of hydrogen-bond donors (Lipinski definition) is 0. The molecule has 5 rings (SSSR count). The van der Waals surface area contributed by atoms with E-state index in [9.17, 15) is 14.4 Å². The molecule has 0 radical (unpaired) electrons. The Bertz CT molecular complexity index is 880. The number of pyridine rings is 1. The molecular formula is C20H21N3O3S. The lowest BCUT2D eigenvalue weighted by Gasteiger charge is -2.35. The van der Waals surface area contributed by atoms with Gasteiger partial charge in [-0.25, -0.2) is 0 Å². The first-order chi connectivity index (χ1) is 13.0. The van der Waals surface area contributed by atoms with Crippen LogP contribution in [-0.2, 0) is 0 Å². The van der Waals surface area contributed by atoms with E-state index in [0.717, 1.165) is 12.8 Å². The number of thiophene rings is 1. The summed E-state index contributed by atoms with van der Waals surface area (Å²) >= 11 is 1.25. The first-order valence-corrected chi connectivity index (χ1v) is 9.96. The van der Waals surface area contributed by atoms with E-state index in [2.05, 4.69) is 4.98 Å². The van der Waals surface area contributed by atoms with Crippen molar-refractivity contribution in [2.45, 2.75) is 25.8 Å². The van der Waals surface area contributed by atoms with Gasteiger partial charge in [0.25, 0.3) is 11.8 Å². The number of carbonyl (C=O) groups is 3. The van der Waals surface area contributed by atoms with Gasteiger partial charge in [0, 0.05) is 31.9 Å². The molecule has 2 aromatic heterocycles. The highest BCUT2D eigenvalue weighted by molar-refractivity contribution is 7.15. The molecule has 0 aromatic carbocycles. The fraction of sp³-hybridized carbons (Fsp3) is 0.400. The highest BCUT2D eigenvalue weighted by atomic mass is 32.1. The van der Waals surface area contributed by atoms with E-state index in [0.29, 0.717) is 35.1 Å². The van der Waals surface area contributed by atoms with Crippen molar-refractivity contribution >= 4 is 28.9 Å². The average molecular weight is 383 g/mol. The summed E-state index contributed by atoms with van der Waals surface area (Å²) in [6.45, 7) is 3.35. The van der Waals surface area contributed by atoms with Gasteiger partial charge in [-0.1, -0.05) is 6.07 Å². The number of rotatable bonds is 3. The average Bonchev–Trinajstić information content (AvgIpc) is 3.01. The van der Waals surface area contributed by atoms with E-state index in [1.54, 1.807) is 30.5 Å². The predicted octanol–water partition coefficient (Wildman–Crippen LogP) is 2.72. The Kier molecular flexibility index (Phi) is 4.78. The lowest BCUT2D eigenvalue weighted by molar-refractivity contribution is 0.0578. The maximum Gasteiger partial charge on any atom is 0.272 e. The van der Waals surface area contributed by atoms with E-state index < -0.39 is 0 Å². The van der Waals surface area contributed by atoms with Gasteiger partial charge in [-0.15, -0.1) is 11.3 Å². The lowest BCUT2D eigenvalue weighted by Crippen LogP contribution is -2.47. The minimum Gasteiger partial charge on any atom is -0.335 e. The highest BCUT2D eigenvalue weighted by Gasteiger charge is 2.39. The molecule has 2 bridgehead atoms. The molecule has 3 aliphatic heterocycles. The standard InChI is InChI=1S/C20H21N3O3S/c1-13(24)17-7-8-18(27-17)20(26)23-11-14-5-6-15(23)12-22(10-14)19(25)16-4-2-3-9-21-16/h2-4,7-9,14-15H,5-6,10-12H2,1H3. The number of piperidine rings is 1. The summed E-state index contributed by atoms with van der Waals surface area (Å²) in [6, 6.07) is 8.79. The summed E-state index contributed by atoms with van der Waals surface area (Å²) in [5, 5.41) is 0. The monoisotopic (exact) mass is 383 g/mol. The van der Waals surface area contributed by atoms with Crippen LogP contribution < -0.4 is 0 Å². The van der Waals surface area contributed by atoms with E-state index >= 15 is 0 Å². The van der Waals surface area contributed by atoms with Crippen molar-refractivity contribution in [2.75, 3.05) is 19.6 Å². The van der Waals surface area contributed by atoms with Crippen LogP contribution >= 0.6 is 11.3 Å². The Morgan fingerprint density at radius 2 is 1.81 bits per heavy atom. The molecule has 0 saturated carbocycles. The second-order valence-corrected chi connectivity index (χ2v) is 8.28. The van der Waals surface area contributed by atoms with Crippen LogP contribution in [0, 0.1) is 5.92 Å². The van der Waals surface area contributed by atoms with Gasteiger partial charge >= 0.3 is 0 Å². The van der Waals surface area contributed by atoms with Crippen LogP contribution in [0.25, 0.3) is 0 Å². The first-order valence-electron chi connectivity index (χ1n) is 9.15. The quantitative estimate of drug-likeness (QED) is 0.764. The molecule has 27 heavy (non-hydrogen) atoms. The molecule has 2 aromatic rings. The Labute approximate surface area is 161 Å². The van der Waals surface area contributed by atoms with Gasteiger partial charge in [0.1, 0.15) is 5.69 Å². The van der Waals surface area contributed by atoms with Crippen molar-refractivity contribution in [1.82, 2.24) is 14.8 Å². The molecular weight excluding hydrogens is 362 g/mol. The fourth-order valence-electron chi connectivity index (χ4n) is 3.93. The smallest absolute Gasteiger partial charge is 0.272 e. The third kappa shape index (κ3) is 3.51. The molecule has 6 nitrogen and oxygen atoms in total. The van der Waals surface area contributed by atoms with Crippen molar-refractivity contribution in [3.63, 3.8) is 0 Å². The lowest BCUT2D eigenvalue weighted by atomic mass is 9.95. The van der Waals surface area contributed by atoms with Gasteiger partial charge in [0.05, 0.1) is 9.75 Å². The van der Waals surface area contributed by atoms with Gasteiger partial charge in [0.2, 0.25) is 0 Å². The van der Waals surface area contributed by atoms with Gasteiger partial charge < -0.3 is 9.80 Å². The largest absolute Gasteiger partial charge is 0.335 e. The van der Waals surface area contributed by atoms with Crippen LogP contribution in [-0.4, -0.2) is 58.1 Å². The van der Waals surface area contributed by atoms with Crippen molar-refractivity contribution in [2.24, 2.45) is 5.92 Å². The second kappa shape index (κ2) is 7.23. The number of nitrogens with zero attached hydrogens (tertiary/aromatic N) is 3. The summed E-state index contributed by atoms with van der Waals surface area (Å²) in [6.07, 6.45) is 3.54. The summed E-state index contributed by atoms with van der Waals surface area (Å²) < 4.78 is 0. The second-order valence-electron chi connectivity index (χ2n) is 7.20. The maximum absolute atomic E-state index is 13.0. The fourth-order valence-corrected chi connectivity index (χ4v) is 4.79. The van der Waals surface area contributed by atoms with Gasteiger partial charge in [-0.3, -0.25) is 19.4 Å². The van der Waals surface area contributed by atoms with Gasteiger partial charge in [0.15, 0.2) is 5.78 Å². The topological polar surface area (TPSA) is 70.6 Å². The SMILES string of the molecule is CC(=O)c1ccc(C(=O)N2CC3CCC2CN(C(=O)c2ccccn2)C3)s1. The van der Waals surface area contributed by atoms with Crippen molar-refractivity contribution in [3.05, 3.63) is 52.0 Å². The minimum absolute atomic E-state index is 0.00629. The Morgan fingerprint density at radius 3 is 2.52 bits per heavy atom. The van der Waals surface area contributed by atoms with E-state index in [1.807, 2.05) is 15.9 Å². The van der Waals surface area contributed by atoms with Crippen molar-refractivity contribution < 1.29 is 14.4 Å². The predicted molar refractivity (Wildman–Crippen MR) is 102 cm³/mol. The Hall–Kier alpha value is -2.54. The molecule has 140 valence electrons. The third-order valence-corrected chi connectivity index (χ3v) is 6.48. The summed E-state index contributed by atoms with van der Waals surface area (Å²) in [5.74, 6) is 0.141. The Balaban J connectivity index is 1.53. The number of carbonyl (C=O) groups excluding carboxylic acids is 3. The van der Waals surface area contributed by atoms with E-state index in [4.69, 9.17) is 0 Å². The van der Waals surface area contributed by atoms with Gasteiger partial charge in [-0.2, -0.15) is 0 Å². The molecule has 7 heteroatoms. The zero-order valence-electron chi connectivity index (χ0n) is 15.1. The van der Waals surface area contributed by atoms with Crippen LogP contribution in [0.2, 0.25) is 0 Å². The zero-order chi connectivity index (χ0) is 19.0. The number of ketones is 1. The highest BCUT2D eigenvalue weighted by Crippen LogP contribution is 2.31. The molecule has 2 unspecified atom stereocenters. The first kappa shape index (κ1) is 17.9. The summed E-state index contributed by atoms with van der Waals surface area (Å²) in [7, 11) is 0. The van der Waals surface area contributed by atoms with E-state index in [-0.39, 0.29) is 29.6 Å². The summed E-state index contributed by atoms with van der Waals surface area (Å²) in [4.78, 5) is 46.5. The van der Waals surface area contributed by atoms with Crippen LogP contribution in [0.1, 0.15) is 49.6 Å². The van der Waals surface area contributed by atoms with E-state index in [1.165, 1.54) is 18.3 Å². The molecule has 3 saturated heterocycles. The number of fused-ring (bicyclic) bond motifs is 4. The van der Waals surface area contributed by atoms with Gasteiger partial charge in [-0.05, 0) is 49.9 Å². The van der Waals surface area contributed by atoms with Crippen LogP contribution in [0.15, 0.2) is 36.5 Å². The number of aromatic nitrogens is 1. The van der Waals surface area contributed by atoms with Crippen molar-refractivity contribution in [3.8, 4) is 0 Å². The third-order valence-electron chi connectivity index (χ3n) is 5.31. The normalized spacial score (nSPS) is 21.8. The van der Waals surface area contributed by atoms with Crippen LogP contribution in [0.3, 0.4) is 0 Å². The number of Topliss-reactive ketones (excluding diaryl/α,β-unsaturated/α-hetero) is 1. The minimum atomic E-state index is -0.0724. The molecule has 3 fully saturated rings. The molecule has 2 amide bonds.